The standard InChI is InChI=1S/C15H13Cl2N3O2S/c16-12-3-1-10(7-13(12)17)5-6-23(21,22)20-15-8-11(9-18)2-4-14(15)19/h1-4,7-8,20H,5-6,19H2. The largest absolute Gasteiger partial charge is 0.397 e. The number of anilines is 2. The Morgan fingerprint density at radius 3 is 2.52 bits per heavy atom. The molecule has 0 atom stereocenters. The lowest BCUT2D eigenvalue weighted by atomic mass is 10.2. The van der Waals surface area contributed by atoms with Crippen molar-refractivity contribution < 1.29 is 8.42 Å². The Bertz CT molecular complexity index is 877. The van der Waals surface area contributed by atoms with Crippen LogP contribution in [0.15, 0.2) is 36.4 Å². The third kappa shape index (κ3) is 4.76. The number of hydrogen-bond donors (Lipinski definition) is 2. The zero-order chi connectivity index (χ0) is 17.0. The molecule has 5 nitrogen and oxygen atoms in total. The molecule has 0 saturated carbocycles. The Balaban J connectivity index is 2.10. The Morgan fingerprint density at radius 2 is 1.87 bits per heavy atom. The summed E-state index contributed by atoms with van der Waals surface area (Å²) in [7, 11) is -3.62. The van der Waals surface area contributed by atoms with Gasteiger partial charge in [0.1, 0.15) is 0 Å². The first-order chi connectivity index (χ1) is 10.8. The average Bonchev–Trinajstić information content (AvgIpc) is 2.50. The average molecular weight is 370 g/mol. The molecule has 2 aromatic rings. The number of aryl methyl sites for hydroxylation is 1. The molecule has 0 saturated heterocycles. The van der Waals surface area contributed by atoms with Crippen LogP contribution >= 0.6 is 23.2 Å². The third-order valence-corrected chi connectivity index (χ3v) is 5.10. The minimum absolute atomic E-state index is 0.152. The fourth-order valence-electron chi connectivity index (χ4n) is 1.88. The Morgan fingerprint density at radius 1 is 1.13 bits per heavy atom. The molecule has 23 heavy (non-hydrogen) atoms. The molecule has 0 aliphatic carbocycles. The van der Waals surface area contributed by atoms with E-state index in [0.29, 0.717) is 15.6 Å². The number of nitrogens with one attached hydrogen (secondary N) is 1. The summed E-state index contributed by atoms with van der Waals surface area (Å²) < 4.78 is 26.7. The molecule has 3 N–H and O–H groups in total. The molecule has 0 amide bonds. The molecule has 0 fully saturated rings. The molecule has 2 aromatic carbocycles. The van der Waals surface area contributed by atoms with Crippen LogP contribution in [0.5, 0.6) is 0 Å². The first-order valence-electron chi connectivity index (χ1n) is 6.55. The Kier molecular flexibility index (Phi) is 5.37. The number of halogens is 2. The molecule has 0 radical (unpaired) electrons. The van der Waals surface area contributed by atoms with E-state index in [2.05, 4.69) is 4.72 Å². The predicted molar refractivity (Wildman–Crippen MR) is 93.1 cm³/mol. The minimum Gasteiger partial charge on any atom is -0.397 e. The van der Waals surface area contributed by atoms with E-state index in [4.69, 9.17) is 34.2 Å². The van der Waals surface area contributed by atoms with E-state index in [9.17, 15) is 8.42 Å². The lowest BCUT2D eigenvalue weighted by molar-refractivity contribution is 0.600. The minimum atomic E-state index is -3.62. The highest BCUT2D eigenvalue weighted by molar-refractivity contribution is 7.92. The van der Waals surface area contributed by atoms with Crippen molar-refractivity contribution in [1.82, 2.24) is 0 Å². The summed E-state index contributed by atoms with van der Waals surface area (Å²) in [6.07, 6.45) is 0.268. The van der Waals surface area contributed by atoms with Crippen LogP contribution in [0, 0.1) is 11.3 Å². The second-order valence-corrected chi connectivity index (χ2v) is 7.49. The lowest BCUT2D eigenvalue weighted by Gasteiger charge is -2.11. The van der Waals surface area contributed by atoms with Gasteiger partial charge in [-0.3, -0.25) is 4.72 Å². The van der Waals surface area contributed by atoms with Gasteiger partial charge in [0, 0.05) is 0 Å². The third-order valence-electron chi connectivity index (χ3n) is 3.09. The van der Waals surface area contributed by atoms with Gasteiger partial charge in [-0.15, -0.1) is 0 Å². The van der Waals surface area contributed by atoms with Crippen LogP contribution in [0.4, 0.5) is 11.4 Å². The molecule has 0 aliphatic rings. The van der Waals surface area contributed by atoms with Gasteiger partial charge in [0.2, 0.25) is 10.0 Å². The molecular weight excluding hydrogens is 357 g/mol. The number of nitrogen functional groups attached to an aromatic ring is 1. The smallest absolute Gasteiger partial charge is 0.233 e. The number of nitrogens with two attached hydrogens (primary N) is 1. The van der Waals surface area contributed by atoms with Crippen LogP contribution in [0.2, 0.25) is 10.0 Å². The first kappa shape index (κ1) is 17.4. The van der Waals surface area contributed by atoms with E-state index >= 15 is 0 Å². The molecule has 0 spiro atoms. The van der Waals surface area contributed by atoms with E-state index in [1.54, 1.807) is 18.2 Å². The highest BCUT2D eigenvalue weighted by Crippen LogP contribution is 2.24. The van der Waals surface area contributed by atoms with Gasteiger partial charge in [-0.05, 0) is 42.3 Å². The SMILES string of the molecule is N#Cc1ccc(N)c(NS(=O)(=O)CCc2ccc(Cl)c(Cl)c2)c1. The molecule has 0 unspecified atom stereocenters. The normalized spacial score (nSPS) is 11.0. The van der Waals surface area contributed by atoms with Crippen molar-refractivity contribution >= 4 is 44.6 Å². The maximum atomic E-state index is 12.2. The summed E-state index contributed by atoms with van der Waals surface area (Å²) in [6, 6.07) is 11.3. The molecule has 0 heterocycles. The zero-order valence-electron chi connectivity index (χ0n) is 11.9. The Labute approximate surface area is 144 Å². The first-order valence-corrected chi connectivity index (χ1v) is 8.95. The maximum Gasteiger partial charge on any atom is 0.233 e. The highest BCUT2D eigenvalue weighted by Gasteiger charge is 2.13. The van der Waals surface area contributed by atoms with Crippen molar-refractivity contribution in [3.8, 4) is 6.07 Å². The molecule has 120 valence electrons. The van der Waals surface area contributed by atoms with Gasteiger partial charge in [0.15, 0.2) is 0 Å². The highest BCUT2D eigenvalue weighted by atomic mass is 35.5. The van der Waals surface area contributed by atoms with Gasteiger partial charge in [-0.1, -0.05) is 29.3 Å². The van der Waals surface area contributed by atoms with Gasteiger partial charge < -0.3 is 5.73 Å². The van der Waals surface area contributed by atoms with Crippen LogP contribution < -0.4 is 10.5 Å². The van der Waals surface area contributed by atoms with Crippen molar-refractivity contribution in [1.29, 1.82) is 5.26 Å². The second kappa shape index (κ2) is 7.09. The molecular formula is C15H13Cl2N3O2S. The fraction of sp³-hybridized carbons (Fsp3) is 0.133. The van der Waals surface area contributed by atoms with Crippen molar-refractivity contribution in [3.05, 3.63) is 57.6 Å². The quantitative estimate of drug-likeness (QED) is 0.788. The number of nitriles is 1. The summed E-state index contributed by atoms with van der Waals surface area (Å²) in [5, 5.41) is 9.65. The van der Waals surface area contributed by atoms with E-state index in [1.165, 1.54) is 18.2 Å². The van der Waals surface area contributed by atoms with Crippen LogP contribution in [0.3, 0.4) is 0 Å². The van der Waals surface area contributed by atoms with Crippen LogP contribution in [0.1, 0.15) is 11.1 Å². The molecule has 2 rings (SSSR count). The van der Waals surface area contributed by atoms with Gasteiger partial charge in [0.25, 0.3) is 0 Å². The fourth-order valence-corrected chi connectivity index (χ4v) is 3.32. The topological polar surface area (TPSA) is 96.0 Å². The number of benzene rings is 2. The molecule has 8 heteroatoms. The van der Waals surface area contributed by atoms with Crippen molar-refractivity contribution in [2.45, 2.75) is 6.42 Å². The van der Waals surface area contributed by atoms with E-state index < -0.39 is 10.0 Å². The number of rotatable bonds is 5. The maximum absolute atomic E-state index is 12.2. The van der Waals surface area contributed by atoms with Gasteiger partial charge in [-0.2, -0.15) is 5.26 Å². The summed E-state index contributed by atoms with van der Waals surface area (Å²) in [4.78, 5) is 0. The zero-order valence-corrected chi connectivity index (χ0v) is 14.2. The Hall–Kier alpha value is -1.94. The van der Waals surface area contributed by atoms with Crippen LogP contribution in [-0.2, 0) is 16.4 Å². The summed E-state index contributed by atoms with van der Waals surface area (Å²) in [6.45, 7) is 0. The van der Waals surface area contributed by atoms with Crippen LogP contribution in [0.25, 0.3) is 0 Å². The van der Waals surface area contributed by atoms with Crippen molar-refractivity contribution in [2.24, 2.45) is 0 Å². The molecule has 0 aliphatic heterocycles. The summed E-state index contributed by atoms with van der Waals surface area (Å²) in [5.41, 5.74) is 7.25. The summed E-state index contributed by atoms with van der Waals surface area (Å²) in [5.74, 6) is -0.152. The van der Waals surface area contributed by atoms with Crippen molar-refractivity contribution in [3.63, 3.8) is 0 Å². The summed E-state index contributed by atoms with van der Waals surface area (Å²) >= 11 is 11.7. The number of hydrogen-bond acceptors (Lipinski definition) is 4. The van der Waals surface area contributed by atoms with Gasteiger partial charge in [0.05, 0.1) is 38.8 Å². The lowest BCUT2D eigenvalue weighted by Crippen LogP contribution is -2.19. The van der Waals surface area contributed by atoms with Crippen molar-refractivity contribution in [2.75, 3.05) is 16.2 Å². The van der Waals surface area contributed by atoms with E-state index in [-0.39, 0.29) is 23.5 Å². The molecule has 0 aromatic heterocycles. The molecule has 0 bridgehead atoms. The van der Waals surface area contributed by atoms with E-state index in [0.717, 1.165) is 5.56 Å². The number of sulfonamides is 1. The van der Waals surface area contributed by atoms with Gasteiger partial charge in [-0.25, -0.2) is 8.42 Å². The predicted octanol–water partition coefficient (Wildman–Crippen LogP) is 3.43. The second-order valence-electron chi connectivity index (χ2n) is 4.83. The van der Waals surface area contributed by atoms with Gasteiger partial charge >= 0.3 is 0 Å². The number of nitrogens with zero attached hydrogens (tertiary/aromatic N) is 1. The van der Waals surface area contributed by atoms with E-state index in [1.807, 2.05) is 6.07 Å². The van der Waals surface area contributed by atoms with Crippen LogP contribution in [-0.4, -0.2) is 14.2 Å². The monoisotopic (exact) mass is 369 g/mol.